The van der Waals surface area contributed by atoms with Crippen LogP contribution in [0.5, 0.6) is 0 Å². The van der Waals surface area contributed by atoms with Gasteiger partial charge < -0.3 is 0 Å². The fourth-order valence-electron chi connectivity index (χ4n) is 1.69. The summed E-state index contributed by atoms with van der Waals surface area (Å²) in [5.74, 6) is 0. The fourth-order valence-corrected chi connectivity index (χ4v) is 1.69. The van der Waals surface area contributed by atoms with Gasteiger partial charge in [0.1, 0.15) is 0 Å². The van der Waals surface area contributed by atoms with E-state index in [2.05, 4.69) is 28.3 Å². The number of fused-ring (bicyclic) bond motifs is 1. The molecule has 0 atom stereocenters. The predicted octanol–water partition coefficient (Wildman–Crippen LogP) is 2.03. The Bertz CT molecular complexity index is 592. The Labute approximate surface area is 86.6 Å². The second-order valence-electron chi connectivity index (χ2n) is 3.56. The molecule has 3 aromatic rings. The Morgan fingerprint density at radius 2 is 2.20 bits per heavy atom. The van der Waals surface area contributed by atoms with Crippen LogP contribution in [0.3, 0.4) is 0 Å². The molecular weight excluding hydrogens is 188 g/mol. The summed E-state index contributed by atoms with van der Waals surface area (Å²) >= 11 is 0. The van der Waals surface area contributed by atoms with Crippen molar-refractivity contribution in [2.45, 2.75) is 6.92 Å². The summed E-state index contributed by atoms with van der Waals surface area (Å²) in [7, 11) is 0. The van der Waals surface area contributed by atoms with E-state index in [9.17, 15) is 0 Å². The van der Waals surface area contributed by atoms with Gasteiger partial charge >= 0.3 is 0 Å². The molecule has 15 heavy (non-hydrogen) atoms. The Morgan fingerprint density at radius 3 is 3.00 bits per heavy atom. The van der Waals surface area contributed by atoms with E-state index in [1.807, 2.05) is 35.4 Å². The molecule has 3 heterocycles. The summed E-state index contributed by atoms with van der Waals surface area (Å²) in [6.07, 6.45) is 7.54. The lowest BCUT2D eigenvalue weighted by molar-refractivity contribution is 0.962. The van der Waals surface area contributed by atoms with Crippen LogP contribution in [0, 0.1) is 6.92 Å². The van der Waals surface area contributed by atoms with Crippen LogP contribution in [0.25, 0.3) is 16.6 Å². The Morgan fingerprint density at radius 1 is 1.27 bits per heavy atom. The maximum absolute atomic E-state index is 4.23. The first-order valence-electron chi connectivity index (χ1n) is 4.78. The number of H-pyrrole nitrogens is 1. The average Bonchev–Trinajstić information content (AvgIpc) is 2.88. The van der Waals surface area contributed by atoms with E-state index in [0.29, 0.717) is 0 Å². The van der Waals surface area contributed by atoms with Crippen LogP contribution < -0.4 is 0 Å². The van der Waals surface area contributed by atoms with Crippen LogP contribution in [0.2, 0.25) is 0 Å². The van der Waals surface area contributed by atoms with Crippen LogP contribution in [-0.4, -0.2) is 19.8 Å². The second kappa shape index (κ2) is 2.95. The smallest absolute Gasteiger partial charge is 0.0696 e. The maximum Gasteiger partial charge on any atom is 0.0696 e. The molecule has 74 valence electrons. The normalized spacial score (nSPS) is 11.0. The molecule has 0 aliphatic carbocycles. The van der Waals surface area contributed by atoms with Gasteiger partial charge in [0.15, 0.2) is 0 Å². The average molecular weight is 198 g/mol. The topological polar surface area (TPSA) is 46.0 Å². The monoisotopic (exact) mass is 198 g/mol. The molecule has 3 aromatic heterocycles. The van der Waals surface area contributed by atoms with Crippen molar-refractivity contribution in [2.75, 3.05) is 0 Å². The molecule has 0 radical (unpaired) electrons. The third kappa shape index (κ3) is 1.22. The molecule has 0 unspecified atom stereocenters. The lowest BCUT2D eigenvalue weighted by atomic mass is 10.1. The van der Waals surface area contributed by atoms with Crippen molar-refractivity contribution in [3.8, 4) is 11.1 Å². The minimum Gasteiger partial charge on any atom is -0.285 e. The molecular formula is C11H10N4. The zero-order valence-corrected chi connectivity index (χ0v) is 8.31. The molecule has 0 bridgehead atoms. The first-order chi connectivity index (χ1) is 7.34. The van der Waals surface area contributed by atoms with Crippen LogP contribution in [0.15, 0.2) is 36.9 Å². The van der Waals surface area contributed by atoms with Crippen molar-refractivity contribution < 1.29 is 0 Å². The number of aromatic nitrogens is 4. The quantitative estimate of drug-likeness (QED) is 0.650. The standard InChI is InChI=1S/C11H10N4/c1-8-5-14-15-3-2-9(4-11(8)15)10-6-12-13-7-10/h2-7H,1H3,(H,12,13). The van der Waals surface area contributed by atoms with Crippen molar-refractivity contribution >= 4 is 5.52 Å². The summed E-state index contributed by atoms with van der Waals surface area (Å²) in [6.45, 7) is 2.06. The summed E-state index contributed by atoms with van der Waals surface area (Å²) in [5, 5.41) is 11.0. The maximum atomic E-state index is 4.23. The molecule has 0 saturated heterocycles. The summed E-state index contributed by atoms with van der Waals surface area (Å²) in [5.41, 5.74) is 4.56. The number of nitrogens with zero attached hydrogens (tertiary/aromatic N) is 3. The minimum atomic E-state index is 1.10. The Hall–Kier alpha value is -2.10. The summed E-state index contributed by atoms with van der Waals surface area (Å²) in [4.78, 5) is 0. The van der Waals surface area contributed by atoms with Crippen LogP contribution >= 0.6 is 0 Å². The van der Waals surface area contributed by atoms with E-state index in [0.717, 1.165) is 16.6 Å². The number of aromatic amines is 1. The van der Waals surface area contributed by atoms with Crippen molar-refractivity contribution in [1.29, 1.82) is 0 Å². The zero-order valence-electron chi connectivity index (χ0n) is 8.31. The lowest BCUT2D eigenvalue weighted by Gasteiger charge is -1.99. The van der Waals surface area contributed by atoms with Gasteiger partial charge in [-0.15, -0.1) is 0 Å². The van der Waals surface area contributed by atoms with Gasteiger partial charge in [-0.05, 0) is 30.2 Å². The van der Waals surface area contributed by atoms with E-state index in [4.69, 9.17) is 0 Å². The third-order valence-corrected chi connectivity index (χ3v) is 2.55. The number of hydrogen-bond donors (Lipinski definition) is 1. The molecule has 0 amide bonds. The summed E-state index contributed by atoms with van der Waals surface area (Å²) in [6, 6.07) is 4.15. The van der Waals surface area contributed by atoms with Gasteiger partial charge in [0.25, 0.3) is 0 Å². The van der Waals surface area contributed by atoms with E-state index in [1.165, 1.54) is 5.56 Å². The molecule has 4 nitrogen and oxygen atoms in total. The van der Waals surface area contributed by atoms with Gasteiger partial charge in [-0.3, -0.25) is 5.10 Å². The van der Waals surface area contributed by atoms with Crippen LogP contribution in [-0.2, 0) is 0 Å². The molecule has 4 heteroatoms. The van der Waals surface area contributed by atoms with Gasteiger partial charge in [-0.1, -0.05) is 0 Å². The molecule has 1 N–H and O–H groups in total. The van der Waals surface area contributed by atoms with Crippen LogP contribution in [0.4, 0.5) is 0 Å². The molecule has 0 fully saturated rings. The molecule has 0 aromatic carbocycles. The highest BCUT2D eigenvalue weighted by atomic mass is 15.2. The largest absolute Gasteiger partial charge is 0.285 e. The van der Waals surface area contributed by atoms with E-state index in [-0.39, 0.29) is 0 Å². The predicted molar refractivity (Wildman–Crippen MR) is 57.5 cm³/mol. The zero-order chi connectivity index (χ0) is 10.3. The van der Waals surface area contributed by atoms with Gasteiger partial charge in [0.05, 0.1) is 17.9 Å². The summed E-state index contributed by atoms with van der Waals surface area (Å²) < 4.78 is 1.87. The Balaban J connectivity index is 2.25. The van der Waals surface area contributed by atoms with Crippen molar-refractivity contribution in [2.24, 2.45) is 0 Å². The molecule has 0 saturated carbocycles. The first kappa shape index (κ1) is 8.23. The number of nitrogens with one attached hydrogen (secondary N) is 1. The Kier molecular flexibility index (Phi) is 1.62. The van der Waals surface area contributed by atoms with Gasteiger partial charge in [-0.25, -0.2) is 4.52 Å². The van der Waals surface area contributed by atoms with Gasteiger partial charge in [-0.2, -0.15) is 10.2 Å². The molecule has 0 aliphatic rings. The number of pyridine rings is 1. The highest BCUT2D eigenvalue weighted by molar-refractivity contribution is 5.69. The highest BCUT2D eigenvalue weighted by Gasteiger charge is 2.03. The van der Waals surface area contributed by atoms with Gasteiger partial charge in [0, 0.05) is 18.0 Å². The van der Waals surface area contributed by atoms with Crippen molar-refractivity contribution in [1.82, 2.24) is 19.8 Å². The first-order valence-corrected chi connectivity index (χ1v) is 4.78. The molecule has 0 spiro atoms. The van der Waals surface area contributed by atoms with E-state index in [1.54, 1.807) is 0 Å². The van der Waals surface area contributed by atoms with E-state index < -0.39 is 0 Å². The lowest BCUT2D eigenvalue weighted by Crippen LogP contribution is -1.86. The highest BCUT2D eigenvalue weighted by Crippen LogP contribution is 2.20. The number of rotatable bonds is 1. The van der Waals surface area contributed by atoms with Crippen LogP contribution in [0.1, 0.15) is 5.56 Å². The van der Waals surface area contributed by atoms with Gasteiger partial charge in [0.2, 0.25) is 0 Å². The minimum absolute atomic E-state index is 1.10. The number of hydrogen-bond acceptors (Lipinski definition) is 2. The fraction of sp³-hybridized carbons (Fsp3) is 0.0909. The number of aryl methyl sites for hydroxylation is 1. The van der Waals surface area contributed by atoms with E-state index >= 15 is 0 Å². The van der Waals surface area contributed by atoms with Crippen molar-refractivity contribution in [3.63, 3.8) is 0 Å². The van der Waals surface area contributed by atoms with Crippen molar-refractivity contribution in [3.05, 3.63) is 42.5 Å². The molecule has 3 rings (SSSR count). The SMILES string of the molecule is Cc1cnn2ccc(-c3cn[nH]c3)cc12. The molecule has 0 aliphatic heterocycles. The second-order valence-corrected chi connectivity index (χ2v) is 3.56. The third-order valence-electron chi connectivity index (χ3n) is 2.55.